The molecule has 1 aliphatic rings. The lowest BCUT2D eigenvalue weighted by atomic mass is 9.69. The van der Waals surface area contributed by atoms with Crippen LogP contribution in [-0.4, -0.2) is 24.5 Å². The van der Waals surface area contributed by atoms with Crippen molar-refractivity contribution in [2.45, 2.75) is 66.8 Å². The highest BCUT2D eigenvalue weighted by molar-refractivity contribution is 5.85. The van der Waals surface area contributed by atoms with Gasteiger partial charge in [-0.1, -0.05) is 41.0 Å². The van der Waals surface area contributed by atoms with E-state index >= 15 is 0 Å². The monoisotopic (exact) mass is 311 g/mol. The third-order valence-electron chi connectivity index (χ3n) is 4.63. The van der Waals surface area contributed by atoms with Crippen LogP contribution in [0.25, 0.3) is 0 Å². The Balaban J connectivity index is 2.59. The summed E-state index contributed by atoms with van der Waals surface area (Å²) in [5.74, 6) is 1.47. The third kappa shape index (κ3) is 5.62. The summed E-state index contributed by atoms with van der Waals surface area (Å²) in [4.78, 5) is 24.5. The lowest BCUT2D eigenvalue weighted by molar-refractivity contribution is -0.149. The van der Waals surface area contributed by atoms with Gasteiger partial charge in [0.15, 0.2) is 0 Å². The van der Waals surface area contributed by atoms with Gasteiger partial charge in [-0.15, -0.1) is 0 Å². The summed E-state index contributed by atoms with van der Waals surface area (Å²) >= 11 is 0. The summed E-state index contributed by atoms with van der Waals surface area (Å²) in [6.45, 7) is 12.7. The van der Waals surface area contributed by atoms with E-state index in [2.05, 4.69) is 26.1 Å². The maximum Gasteiger partial charge on any atom is 0.328 e. The quantitative estimate of drug-likeness (QED) is 0.765. The van der Waals surface area contributed by atoms with Gasteiger partial charge in [0.2, 0.25) is 5.91 Å². The van der Waals surface area contributed by atoms with Crippen molar-refractivity contribution in [1.82, 2.24) is 5.32 Å². The van der Waals surface area contributed by atoms with Crippen LogP contribution < -0.4 is 5.32 Å². The zero-order chi connectivity index (χ0) is 16.9. The Hall–Kier alpha value is -1.06. The van der Waals surface area contributed by atoms with Crippen molar-refractivity contribution in [2.75, 3.05) is 6.61 Å². The van der Waals surface area contributed by atoms with Gasteiger partial charge in [-0.25, -0.2) is 4.79 Å². The normalized spacial score (nSPS) is 26.8. The van der Waals surface area contributed by atoms with Gasteiger partial charge in [-0.3, -0.25) is 4.79 Å². The minimum absolute atomic E-state index is 0.0132. The Morgan fingerprint density at radius 2 is 1.77 bits per heavy atom. The summed E-state index contributed by atoms with van der Waals surface area (Å²) in [6.07, 6.45) is 3.21. The Labute approximate surface area is 135 Å². The highest BCUT2D eigenvalue weighted by Crippen LogP contribution is 2.38. The lowest BCUT2D eigenvalue weighted by Crippen LogP contribution is -2.46. The smallest absolute Gasteiger partial charge is 0.328 e. The molecule has 0 heterocycles. The summed E-state index contributed by atoms with van der Waals surface area (Å²) in [6, 6.07) is -0.573. The van der Waals surface area contributed by atoms with E-state index in [1.807, 2.05) is 13.8 Å². The van der Waals surface area contributed by atoms with Crippen molar-refractivity contribution in [1.29, 1.82) is 0 Å². The van der Waals surface area contributed by atoms with Gasteiger partial charge in [0.05, 0.1) is 6.61 Å². The van der Waals surface area contributed by atoms with Crippen LogP contribution in [0.5, 0.6) is 0 Å². The number of nitrogens with one attached hydrogen (secondary N) is 1. The number of hydrogen-bond donors (Lipinski definition) is 1. The molecule has 4 heteroatoms. The summed E-state index contributed by atoms with van der Waals surface area (Å²) < 4.78 is 5.20. The van der Waals surface area contributed by atoms with E-state index < -0.39 is 6.04 Å². The molecule has 128 valence electrons. The largest absolute Gasteiger partial charge is 0.464 e. The van der Waals surface area contributed by atoms with Gasteiger partial charge in [-0.2, -0.15) is 0 Å². The van der Waals surface area contributed by atoms with Gasteiger partial charge in [0, 0.05) is 5.92 Å². The molecule has 1 aliphatic carbocycles. The summed E-state index contributed by atoms with van der Waals surface area (Å²) in [5, 5.41) is 2.87. The fourth-order valence-corrected chi connectivity index (χ4v) is 3.26. The molecule has 0 saturated heterocycles. The number of hydrogen-bond acceptors (Lipinski definition) is 3. The van der Waals surface area contributed by atoms with Gasteiger partial charge in [0.25, 0.3) is 0 Å². The van der Waals surface area contributed by atoms with E-state index in [-0.39, 0.29) is 17.8 Å². The molecule has 0 bridgehead atoms. The lowest BCUT2D eigenvalue weighted by Gasteiger charge is -2.36. The van der Waals surface area contributed by atoms with E-state index in [0.717, 1.165) is 12.8 Å². The predicted molar refractivity (Wildman–Crippen MR) is 88.2 cm³/mol. The minimum atomic E-state index is -0.573. The van der Waals surface area contributed by atoms with Gasteiger partial charge < -0.3 is 10.1 Å². The number of carbonyl (C=O) groups excluding carboxylic acids is 2. The molecular formula is C18H33NO3. The van der Waals surface area contributed by atoms with Crippen LogP contribution in [0.2, 0.25) is 0 Å². The molecule has 1 N–H and O–H groups in total. The van der Waals surface area contributed by atoms with E-state index in [1.165, 1.54) is 6.42 Å². The average molecular weight is 311 g/mol. The van der Waals surface area contributed by atoms with Crippen LogP contribution in [0.3, 0.4) is 0 Å². The highest BCUT2D eigenvalue weighted by Gasteiger charge is 2.36. The zero-order valence-electron chi connectivity index (χ0n) is 15.0. The Morgan fingerprint density at radius 3 is 2.32 bits per heavy atom. The molecule has 1 amide bonds. The second kappa shape index (κ2) is 8.54. The van der Waals surface area contributed by atoms with Crippen LogP contribution in [-0.2, 0) is 14.3 Å². The maximum atomic E-state index is 12.6. The molecule has 0 aromatic carbocycles. The van der Waals surface area contributed by atoms with Gasteiger partial charge >= 0.3 is 5.97 Å². The molecule has 1 fully saturated rings. The number of rotatable bonds is 6. The molecule has 0 aliphatic heterocycles. The molecule has 1 saturated carbocycles. The SMILES string of the molecule is CC(C)COC(=O)C(C)NC(=O)[C@@H]1CC(C)CC[C@H]1C(C)C. The Kier molecular flexibility index (Phi) is 7.37. The van der Waals surface area contributed by atoms with Crippen molar-refractivity contribution in [3.05, 3.63) is 0 Å². The van der Waals surface area contributed by atoms with Crippen molar-refractivity contribution in [3.63, 3.8) is 0 Å². The first kappa shape index (κ1) is 19.0. The second-order valence-corrected chi connectivity index (χ2v) is 7.69. The van der Waals surface area contributed by atoms with Crippen LogP contribution >= 0.6 is 0 Å². The summed E-state index contributed by atoms with van der Waals surface area (Å²) in [7, 11) is 0. The van der Waals surface area contributed by atoms with Crippen molar-refractivity contribution in [3.8, 4) is 0 Å². The van der Waals surface area contributed by atoms with Crippen LogP contribution in [0.1, 0.15) is 60.8 Å². The molecule has 2 unspecified atom stereocenters. The topological polar surface area (TPSA) is 55.4 Å². The molecule has 4 nitrogen and oxygen atoms in total. The molecule has 0 aromatic rings. The molecule has 4 atom stereocenters. The van der Waals surface area contributed by atoms with Crippen molar-refractivity contribution < 1.29 is 14.3 Å². The number of ether oxygens (including phenoxy) is 1. The zero-order valence-corrected chi connectivity index (χ0v) is 15.0. The van der Waals surface area contributed by atoms with Crippen LogP contribution in [0.15, 0.2) is 0 Å². The molecule has 1 rings (SSSR count). The fraction of sp³-hybridized carbons (Fsp3) is 0.889. The fourth-order valence-electron chi connectivity index (χ4n) is 3.26. The highest BCUT2D eigenvalue weighted by atomic mass is 16.5. The first-order valence-corrected chi connectivity index (χ1v) is 8.69. The maximum absolute atomic E-state index is 12.6. The van der Waals surface area contributed by atoms with E-state index in [4.69, 9.17) is 4.74 Å². The second-order valence-electron chi connectivity index (χ2n) is 7.69. The average Bonchev–Trinajstić information content (AvgIpc) is 2.43. The number of esters is 1. The van der Waals surface area contributed by atoms with E-state index in [1.54, 1.807) is 6.92 Å². The first-order chi connectivity index (χ1) is 10.2. The molecular weight excluding hydrogens is 278 g/mol. The standard InChI is InChI=1S/C18H33NO3/c1-11(2)10-22-18(21)14(6)19-17(20)16-9-13(5)7-8-15(16)12(3)4/h11-16H,7-10H2,1-6H3,(H,19,20)/t13?,14?,15-,16+/m0/s1. The van der Waals surface area contributed by atoms with Crippen molar-refractivity contribution in [2.24, 2.45) is 29.6 Å². The first-order valence-electron chi connectivity index (χ1n) is 8.69. The number of amides is 1. The van der Waals surface area contributed by atoms with Crippen molar-refractivity contribution >= 4 is 11.9 Å². The van der Waals surface area contributed by atoms with Gasteiger partial charge in [-0.05, 0) is 43.4 Å². The molecule has 0 radical (unpaired) electrons. The Morgan fingerprint density at radius 1 is 1.14 bits per heavy atom. The third-order valence-corrected chi connectivity index (χ3v) is 4.63. The summed E-state index contributed by atoms with van der Waals surface area (Å²) in [5.41, 5.74) is 0. The minimum Gasteiger partial charge on any atom is -0.464 e. The van der Waals surface area contributed by atoms with Crippen LogP contribution in [0, 0.1) is 29.6 Å². The molecule has 0 aromatic heterocycles. The van der Waals surface area contributed by atoms with Crippen LogP contribution in [0.4, 0.5) is 0 Å². The van der Waals surface area contributed by atoms with Gasteiger partial charge in [0.1, 0.15) is 6.04 Å². The van der Waals surface area contributed by atoms with E-state index in [0.29, 0.717) is 30.3 Å². The van der Waals surface area contributed by atoms with E-state index in [9.17, 15) is 9.59 Å². The predicted octanol–water partition coefficient (Wildman–Crippen LogP) is 3.40. The number of carbonyl (C=O) groups is 2. The molecule has 0 spiro atoms. The molecule has 22 heavy (non-hydrogen) atoms. The Bertz CT molecular complexity index is 379.